The molecule has 7 heteroatoms. The number of piperidine rings is 1. The van der Waals surface area contributed by atoms with Crippen molar-refractivity contribution in [2.24, 2.45) is 0 Å². The molecule has 0 spiro atoms. The number of ether oxygens (including phenoxy) is 1. The molecule has 3 N–H and O–H groups in total. The summed E-state index contributed by atoms with van der Waals surface area (Å²) in [6.45, 7) is 3.67. The highest BCUT2D eigenvalue weighted by molar-refractivity contribution is 5.93. The van der Waals surface area contributed by atoms with Crippen LogP contribution in [0.15, 0.2) is 54.6 Å². The number of rotatable bonds is 7. The largest absolute Gasteiger partial charge is 0.383 e. The summed E-state index contributed by atoms with van der Waals surface area (Å²) in [6, 6.07) is 18.9. The fraction of sp³-hybridized carbons (Fsp3) is 0.407. The van der Waals surface area contributed by atoms with Crippen LogP contribution < -0.4 is 16.0 Å². The minimum atomic E-state index is -0.152. The predicted octanol–water partition coefficient (Wildman–Crippen LogP) is 4.57. The second-order valence-corrected chi connectivity index (χ2v) is 9.25. The van der Waals surface area contributed by atoms with E-state index in [-0.39, 0.29) is 12.1 Å². The van der Waals surface area contributed by atoms with Gasteiger partial charge < -0.3 is 25.6 Å². The van der Waals surface area contributed by atoms with Gasteiger partial charge in [0.2, 0.25) is 0 Å². The first kappa shape index (κ1) is 22.6. The van der Waals surface area contributed by atoms with Gasteiger partial charge >= 0.3 is 6.03 Å². The van der Waals surface area contributed by atoms with E-state index in [4.69, 9.17) is 9.72 Å². The molecule has 1 saturated heterocycles. The number of urea groups is 1. The van der Waals surface area contributed by atoms with Crippen LogP contribution in [0.3, 0.4) is 0 Å². The highest BCUT2D eigenvalue weighted by atomic mass is 16.5. The smallest absolute Gasteiger partial charge is 0.319 e. The number of anilines is 2. The van der Waals surface area contributed by atoms with E-state index in [2.05, 4.69) is 51.2 Å². The molecule has 2 heterocycles. The Labute approximate surface area is 200 Å². The second kappa shape index (κ2) is 10.4. The topological polar surface area (TPSA) is 78.5 Å². The number of carbonyl (C=O) groups is 1. The third kappa shape index (κ3) is 5.32. The molecule has 7 nitrogen and oxygen atoms in total. The van der Waals surface area contributed by atoms with E-state index in [0.29, 0.717) is 6.04 Å². The summed E-state index contributed by atoms with van der Waals surface area (Å²) in [5, 5.41) is 10.7. The minimum Gasteiger partial charge on any atom is -0.383 e. The number of nitrogens with zero attached hydrogens (tertiary/aromatic N) is 2. The number of aromatic nitrogens is 1. The maximum Gasteiger partial charge on any atom is 0.319 e. The van der Waals surface area contributed by atoms with Crippen LogP contribution in [0.4, 0.5) is 16.3 Å². The van der Waals surface area contributed by atoms with Crippen LogP contribution in [0.5, 0.6) is 0 Å². The van der Waals surface area contributed by atoms with Gasteiger partial charge in [-0.2, -0.15) is 0 Å². The van der Waals surface area contributed by atoms with Crippen LogP contribution in [0.25, 0.3) is 10.9 Å². The zero-order chi connectivity index (χ0) is 23.3. The molecule has 2 aliphatic rings. The third-order valence-electron chi connectivity index (χ3n) is 6.94. The Morgan fingerprint density at radius 3 is 2.79 bits per heavy atom. The van der Waals surface area contributed by atoms with E-state index >= 15 is 0 Å². The Hall–Kier alpha value is -3.16. The van der Waals surface area contributed by atoms with Crippen molar-refractivity contribution in [3.8, 4) is 0 Å². The van der Waals surface area contributed by atoms with Crippen molar-refractivity contribution < 1.29 is 9.53 Å². The van der Waals surface area contributed by atoms with E-state index in [0.717, 1.165) is 74.3 Å². The first-order valence-electron chi connectivity index (χ1n) is 12.2. The Morgan fingerprint density at radius 1 is 1.09 bits per heavy atom. The number of methoxy groups -OCH3 is 1. The summed E-state index contributed by atoms with van der Waals surface area (Å²) in [6.07, 6.45) is 4.11. The molecular weight excluding hydrogens is 426 g/mol. The normalized spacial score (nSPS) is 18.6. The third-order valence-corrected chi connectivity index (χ3v) is 6.94. The van der Waals surface area contributed by atoms with E-state index in [9.17, 15) is 4.79 Å². The highest BCUT2D eigenvalue weighted by Gasteiger charge is 2.22. The fourth-order valence-corrected chi connectivity index (χ4v) is 5.04. The van der Waals surface area contributed by atoms with Gasteiger partial charge in [0, 0.05) is 43.9 Å². The predicted molar refractivity (Wildman–Crippen MR) is 136 cm³/mol. The number of fused-ring (bicyclic) bond motifs is 2. The average Bonchev–Trinajstić information content (AvgIpc) is 3.26. The summed E-state index contributed by atoms with van der Waals surface area (Å²) in [7, 11) is 1.73. The summed E-state index contributed by atoms with van der Waals surface area (Å²) >= 11 is 0. The second-order valence-electron chi connectivity index (χ2n) is 9.25. The molecule has 0 saturated carbocycles. The molecule has 1 aliphatic heterocycles. The molecule has 1 atom stereocenters. The SMILES string of the molecule is COCCN1CCC(NC(=O)Nc2ccc3nc(NC4CCc5ccccc54)ccc3c2)CC1. The van der Waals surface area contributed by atoms with Crippen molar-refractivity contribution in [2.75, 3.05) is 44.0 Å². The Morgan fingerprint density at radius 2 is 1.94 bits per heavy atom. The van der Waals surface area contributed by atoms with E-state index < -0.39 is 0 Å². The van der Waals surface area contributed by atoms with Crippen molar-refractivity contribution in [1.29, 1.82) is 0 Å². The summed E-state index contributed by atoms with van der Waals surface area (Å²) in [5.41, 5.74) is 4.47. The van der Waals surface area contributed by atoms with E-state index in [1.807, 2.05) is 24.3 Å². The number of nitrogens with one attached hydrogen (secondary N) is 3. The quantitative estimate of drug-likeness (QED) is 0.483. The number of amides is 2. The molecule has 178 valence electrons. The molecule has 5 rings (SSSR count). The van der Waals surface area contributed by atoms with Gasteiger partial charge in [-0.1, -0.05) is 24.3 Å². The van der Waals surface area contributed by atoms with Crippen molar-refractivity contribution >= 4 is 28.4 Å². The Kier molecular flexibility index (Phi) is 6.92. The molecule has 2 aromatic carbocycles. The molecule has 1 aliphatic carbocycles. The zero-order valence-corrected chi connectivity index (χ0v) is 19.7. The lowest BCUT2D eigenvalue weighted by Crippen LogP contribution is -2.46. The maximum absolute atomic E-state index is 12.5. The highest BCUT2D eigenvalue weighted by Crippen LogP contribution is 2.33. The van der Waals surface area contributed by atoms with Crippen LogP contribution in [-0.2, 0) is 11.2 Å². The lowest BCUT2D eigenvalue weighted by atomic mass is 10.1. The molecule has 0 radical (unpaired) electrons. The molecule has 1 unspecified atom stereocenters. The zero-order valence-electron chi connectivity index (χ0n) is 19.7. The van der Waals surface area contributed by atoms with E-state index in [1.165, 1.54) is 11.1 Å². The average molecular weight is 460 g/mol. The molecule has 1 fully saturated rings. The van der Waals surface area contributed by atoms with Gasteiger partial charge in [-0.25, -0.2) is 9.78 Å². The number of likely N-dealkylation sites (tertiary alicyclic amines) is 1. The first-order valence-corrected chi connectivity index (χ1v) is 12.2. The van der Waals surface area contributed by atoms with Crippen LogP contribution in [0, 0.1) is 0 Å². The summed E-state index contributed by atoms with van der Waals surface area (Å²) in [4.78, 5) is 19.7. The van der Waals surface area contributed by atoms with Gasteiger partial charge in [0.05, 0.1) is 18.2 Å². The van der Waals surface area contributed by atoms with Gasteiger partial charge in [0.1, 0.15) is 5.82 Å². The summed E-state index contributed by atoms with van der Waals surface area (Å²) < 4.78 is 5.15. The van der Waals surface area contributed by atoms with Crippen molar-refractivity contribution in [3.63, 3.8) is 0 Å². The Bertz CT molecular complexity index is 1140. The molecular formula is C27H33N5O2. The number of hydrogen-bond acceptors (Lipinski definition) is 5. The maximum atomic E-state index is 12.5. The first-order chi connectivity index (χ1) is 16.7. The van der Waals surface area contributed by atoms with Gasteiger partial charge in [-0.15, -0.1) is 0 Å². The van der Waals surface area contributed by atoms with Gasteiger partial charge in [-0.3, -0.25) is 0 Å². The number of hydrogen-bond donors (Lipinski definition) is 3. The number of aryl methyl sites for hydroxylation is 1. The number of carbonyl (C=O) groups excluding carboxylic acids is 1. The van der Waals surface area contributed by atoms with Crippen LogP contribution in [0.2, 0.25) is 0 Å². The van der Waals surface area contributed by atoms with Gasteiger partial charge in [0.15, 0.2) is 0 Å². The number of benzene rings is 2. The van der Waals surface area contributed by atoms with E-state index in [1.54, 1.807) is 7.11 Å². The lowest BCUT2D eigenvalue weighted by Gasteiger charge is -2.32. The Balaban J connectivity index is 1.16. The van der Waals surface area contributed by atoms with Crippen LogP contribution >= 0.6 is 0 Å². The molecule has 1 aromatic heterocycles. The fourth-order valence-electron chi connectivity index (χ4n) is 5.04. The summed E-state index contributed by atoms with van der Waals surface area (Å²) in [5.74, 6) is 0.879. The molecule has 34 heavy (non-hydrogen) atoms. The molecule has 3 aromatic rings. The van der Waals surface area contributed by atoms with Crippen molar-refractivity contribution in [3.05, 3.63) is 65.7 Å². The van der Waals surface area contributed by atoms with Crippen LogP contribution in [0.1, 0.15) is 36.4 Å². The molecule has 2 amide bonds. The lowest BCUT2D eigenvalue weighted by molar-refractivity contribution is 0.127. The molecule has 0 bridgehead atoms. The van der Waals surface area contributed by atoms with Crippen LogP contribution in [-0.4, -0.2) is 55.3 Å². The van der Waals surface area contributed by atoms with Crippen molar-refractivity contribution in [1.82, 2.24) is 15.2 Å². The van der Waals surface area contributed by atoms with Crippen molar-refractivity contribution in [2.45, 2.75) is 37.8 Å². The van der Waals surface area contributed by atoms with Gasteiger partial charge in [-0.05, 0) is 67.1 Å². The van der Waals surface area contributed by atoms with Gasteiger partial charge in [0.25, 0.3) is 0 Å². The standard InChI is InChI=1S/C27H33N5O2/c1-34-17-16-32-14-12-21(13-15-32)28-27(33)29-22-8-10-24-20(18-22)7-11-26(30-24)31-25-9-6-19-4-2-3-5-23(19)25/h2-5,7-8,10-11,18,21,25H,6,9,12-17H2,1H3,(H,30,31)(H2,28,29,33). The minimum absolute atomic E-state index is 0.152. The number of pyridine rings is 1. The monoisotopic (exact) mass is 459 g/mol.